The molecule has 1 saturated heterocycles. The van der Waals surface area contributed by atoms with Crippen molar-refractivity contribution in [2.75, 3.05) is 19.8 Å². The van der Waals surface area contributed by atoms with Gasteiger partial charge in [-0.25, -0.2) is 9.78 Å². The lowest BCUT2D eigenvalue weighted by Crippen LogP contribution is -2.55. The van der Waals surface area contributed by atoms with E-state index in [2.05, 4.69) is 4.98 Å². The summed E-state index contributed by atoms with van der Waals surface area (Å²) in [6.45, 7) is 10.6. The number of aromatic nitrogens is 1. The maximum atomic E-state index is 12.5. The van der Waals surface area contributed by atoms with Crippen LogP contribution in [0.1, 0.15) is 49.4 Å². The standard InChI is InChI=1S/C26H34N2O6S/c1-17-6-8-22(9-7-17)35(30,31)33-15-19-12-20-14-27-24(18(2)23(20)13-19)32-16-21-10-11-28(21)25(29)34-26(3,4)5/h6-9,14,19,21H,10-13,15-16H2,1-5H3/t19?,21-/m0/s1. The van der Waals surface area contributed by atoms with Crippen molar-refractivity contribution in [1.29, 1.82) is 0 Å². The molecule has 0 N–H and O–H groups in total. The van der Waals surface area contributed by atoms with Gasteiger partial charge in [-0.05, 0) is 83.1 Å². The highest BCUT2D eigenvalue weighted by molar-refractivity contribution is 7.86. The van der Waals surface area contributed by atoms with Gasteiger partial charge in [0.15, 0.2) is 0 Å². The Labute approximate surface area is 207 Å². The molecule has 1 amide bonds. The van der Waals surface area contributed by atoms with Crippen LogP contribution < -0.4 is 4.74 Å². The number of amides is 1. The minimum absolute atomic E-state index is 0.0348. The van der Waals surface area contributed by atoms with E-state index in [1.165, 1.54) is 0 Å². The average Bonchev–Trinajstić information content (AvgIpc) is 3.16. The fourth-order valence-electron chi connectivity index (χ4n) is 4.39. The Morgan fingerprint density at radius 1 is 1.11 bits per heavy atom. The first-order chi connectivity index (χ1) is 16.4. The zero-order chi connectivity index (χ0) is 25.4. The summed E-state index contributed by atoms with van der Waals surface area (Å²) in [7, 11) is -3.79. The fourth-order valence-corrected chi connectivity index (χ4v) is 5.36. The summed E-state index contributed by atoms with van der Waals surface area (Å²) in [6.07, 6.45) is 3.76. The van der Waals surface area contributed by atoms with Gasteiger partial charge in [0.1, 0.15) is 12.2 Å². The molecule has 1 unspecified atom stereocenters. The molecular weight excluding hydrogens is 468 g/mol. The van der Waals surface area contributed by atoms with Crippen molar-refractivity contribution in [3.63, 3.8) is 0 Å². The van der Waals surface area contributed by atoms with Gasteiger partial charge in [0, 0.05) is 18.3 Å². The predicted molar refractivity (Wildman–Crippen MR) is 131 cm³/mol. The monoisotopic (exact) mass is 502 g/mol. The lowest BCUT2D eigenvalue weighted by atomic mass is 10.0. The molecule has 1 aromatic carbocycles. The quantitative estimate of drug-likeness (QED) is 0.524. The van der Waals surface area contributed by atoms with Crippen molar-refractivity contribution in [2.45, 2.75) is 70.4 Å². The number of carbonyl (C=O) groups is 1. The van der Waals surface area contributed by atoms with E-state index in [1.54, 1.807) is 35.4 Å². The minimum Gasteiger partial charge on any atom is -0.475 e. The molecule has 2 aromatic rings. The van der Waals surface area contributed by atoms with Crippen LogP contribution in [0.25, 0.3) is 0 Å². The maximum absolute atomic E-state index is 12.5. The summed E-state index contributed by atoms with van der Waals surface area (Å²) in [5.74, 6) is 0.601. The highest BCUT2D eigenvalue weighted by Crippen LogP contribution is 2.33. The Morgan fingerprint density at radius 2 is 1.83 bits per heavy atom. The summed E-state index contributed by atoms with van der Waals surface area (Å²) in [5, 5.41) is 0. The number of carbonyl (C=O) groups excluding carboxylic acids is 1. The largest absolute Gasteiger partial charge is 0.475 e. The molecule has 8 nitrogen and oxygen atoms in total. The number of pyridine rings is 1. The minimum atomic E-state index is -3.79. The Kier molecular flexibility index (Phi) is 7.11. The van der Waals surface area contributed by atoms with Gasteiger partial charge < -0.3 is 14.4 Å². The van der Waals surface area contributed by atoms with Gasteiger partial charge in [-0.1, -0.05) is 17.7 Å². The van der Waals surface area contributed by atoms with Crippen molar-refractivity contribution >= 4 is 16.2 Å². The molecule has 0 bridgehead atoms. The summed E-state index contributed by atoms with van der Waals surface area (Å²) < 4.78 is 41.9. The molecule has 1 aliphatic carbocycles. The number of ether oxygens (including phenoxy) is 2. The third-order valence-corrected chi connectivity index (χ3v) is 7.75. The van der Waals surface area contributed by atoms with Crippen LogP contribution >= 0.6 is 0 Å². The van der Waals surface area contributed by atoms with Gasteiger partial charge in [-0.2, -0.15) is 8.42 Å². The molecule has 1 aromatic heterocycles. The van der Waals surface area contributed by atoms with Crippen LogP contribution in [0.15, 0.2) is 35.4 Å². The first-order valence-electron chi connectivity index (χ1n) is 12.0. The van der Waals surface area contributed by atoms with Crippen LogP contribution in [0.2, 0.25) is 0 Å². The SMILES string of the molecule is Cc1ccc(S(=O)(=O)OCC2Cc3cnc(OC[C@@H]4CCN4C(=O)OC(C)(C)C)c(C)c3C2)cc1. The second-order valence-corrected chi connectivity index (χ2v) is 12.1. The predicted octanol–water partition coefficient (Wildman–Crippen LogP) is 4.21. The number of aryl methyl sites for hydroxylation is 1. The molecular formula is C26H34N2O6S. The van der Waals surface area contributed by atoms with Crippen LogP contribution in [0.5, 0.6) is 5.88 Å². The molecule has 2 heterocycles. The Balaban J connectivity index is 1.32. The van der Waals surface area contributed by atoms with Gasteiger partial charge >= 0.3 is 6.09 Å². The number of rotatable bonds is 7. The molecule has 35 heavy (non-hydrogen) atoms. The smallest absolute Gasteiger partial charge is 0.410 e. The van der Waals surface area contributed by atoms with E-state index in [0.29, 0.717) is 31.9 Å². The second kappa shape index (κ2) is 9.78. The van der Waals surface area contributed by atoms with Gasteiger partial charge in [0.25, 0.3) is 10.1 Å². The molecule has 0 spiro atoms. The van der Waals surface area contributed by atoms with E-state index in [0.717, 1.165) is 28.7 Å². The zero-order valence-electron chi connectivity index (χ0n) is 21.0. The van der Waals surface area contributed by atoms with Crippen molar-refractivity contribution in [3.05, 3.63) is 52.7 Å². The van der Waals surface area contributed by atoms with Gasteiger partial charge in [0.05, 0.1) is 17.5 Å². The maximum Gasteiger partial charge on any atom is 0.410 e. The van der Waals surface area contributed by atoms with E-state index < -0.39 is 15.7 Å². The van der Waals surface area contributed by atoms with Crippen molar-refractivity contribution in [1.82, 2.24) is 9.88 Å². The van der Waals surface area contributed by atoms with Crippen LogP contribution in [-0.4, -0.2) is 55.8 Å². The molecule has 1 aliphatic heterocycles. The second-order valence-electron chi connectivity index (χ2n) is 10.4. The third-order valence-electron chi connectivity index (χ3n) is 6.45. The molecule has 4 rings (SSSR count). The molecule has 2 atom stereocenters. The summed E-state index contributed by atoms with van der Waals surface area (Å²) in [4.78, 5) is 18.7. The molecule has 2 aliphatic rings. The zero-order valence-corrected chi connectivity index (χ0v) is 21.9. The number of hydrogen-bond acceptors (Lipinski definition) is 7. The van der Waals surface area contributed by atoms with Crippen LogP contribution in [0, 0.1) is 19.8 Å². The third kappa shape index (κ3) is 5.95. The Bertz CT molecular complexity index is 1190. The molecule has 9 heteroatoms. The number of fused-ring (bicyclic) bond motifs is 1. The lowest BCUT2D eigenvalue weighted by Gasteiger charge is -2.40. The van der Waals surface area contributed by atoms with Crippen molar-refractivity contribution in [2.24, 2.45) is 5.92 Å². The Hall–Kier alpha value is -2.65. The first-order valence-corrected chi connectivity index (χ1v) is 13.4. The van der Waals surface area contributed by atoms with Crippen LogP contribution in [-0.2, 0) is 31.9 Å². The van der Waals surface area contributed by atoms with Crippen LogP contribution in [0.3, 0.4) is 0 Å². The van der Waals surface area contributed by atoms with Gasteiger partial charge in [-0.15, -0.1) is 0 Å². The highest BCUT2D eigenvalue weighted by atomic mass is 32.2. The van der Waals surface area contributed by atoms with Gasteiger partial charge in [0.2, 0.25) is 5.88 Å². The van der Waals surface area contributed by atoms with E-state index in [-0.39, 0.29) is 29.6 Å². The fraction of sp³-hybridized carbons (Fsp3) is 0.538. The van der Waals surface area contributed by atoms with Crippen molar-refractivity contribution < 1.29 is 26.9 Å². The topological polar surface area (TPSA) is 95.0 Å². The highest BCUT2D eigenvalue weighted by Gasteiger charge is 2.36. The molecule has 190 valence electrons. The van der Waals surface area contributed by atoms with Crippen molar-refractivity contribution in [3.8, 4) is 5.88 Å². The van der Waals surface area contributed by atoms with E-state index in [4.69, 9.17) is 13.7 Å². The summed E-state index contributed by atoms with van der Waals surface area (Å²) in [5.41, 5.74) is 3.64. The first kappa shape index (κ1) is 25.4. The van der Waals surface area contributed by atoms with Gasteiger partial charge in [-0.3, -0.25) is 4.18 Å². The van der Waals surface area contributed by atoms with Crippen LogP contribution in [0.4, 0.5) is 4.79 Å². The molecule has 0 saturated carbocycles. The van der Waals surface area contributed by atoms with E-state index in [9.17, 15) is 13.2 Å². The van der Waals surface area contributed by atoms with E-state index in [1.807, 2.05) is 34.6 Å². The van der Waals surface area contributed by atoms with E-state index >= 15 is 0 Å². The summed E-state index contributed by atoms with van der Waals surface area (Å²) >= 11 is 0. The number of benzene rings is 1. The summed E-state index contributed by atoms with van der Waals surface area (Å²) in [6, 6.07) is 6.62. The Morgan fingerprint density at radius 3 is 2.46 bits per heavy atom. The average molecular weight is 503 g/mol. The molecule has 0 radical (unpaired) electrons. The normalized spacial score (nSPS) is 19.7. The number of likely N-dealkylation sites (tertiary alicyclic amines) is 1. The number of nitrogens with zero attached hydrogens (tertiary/aromatic N) is 2. The lowest BCUT2D eigenvalue weighted by molar-refractivity contribution is -0.0145. The number of hydrogen-bond donors (Lipinski definition) is 0. The molecule has 1 fully saturated rings.